The molecule has 1 saturated carbocycles. The van der Waals surface area contributed by atoms with Gasteiger partial charge in [-0.2, -0.15) is 0 Å². The summed E-state index contributed by atoms with van der Waals surface area (Å²) in [6, 6.07) is 3.19. The molecule has 0 radical (unpaired) electrons. The monoisotopic (exact) mass is 373 g/mol. The second kappa shape index (κ2) is 11.6. The van der Waals surface area contributed by atoms with E-state index in [0.717, 1.165) is 44.2 Å². The molecule has 1 fully saturated rings. The quantitative estimate of drug-likeness (QED) is 0.443. The maximum atomic E-state index is 13.0. The van der Waals surface area contributed by atoms with Crippen LogP contribution in [0.3, 0.4) is 0 Å². The molecule has 0 unspecified atom stereocenters. The highest BCUT2D eigenvalue weighted by atomic mass is 16.5. The minimum Gasteiger partial charge on any atom is -0.504 e. The molecule has 4 heteroatoms. The van der Waals surface area contributed by atoms with Crippen LogP contribution in [-0.4, -0.2) is 23.7 Å². The minimum atomic E-state index is -0.0209. The fourth-order valence-corrected chi connectivity index (χ4v) is 3.47. The van der Waals surface area contributed by atoms with Crippen molar-refractivity contribution < 1.29 is 14.6 Å². The van der Waals surface area contributed by atoms with E-state index in [0.29, 0.717) is 22.6 Å². The molecule has 0 aromatic heterocycles. The highest BCUT2D eigenvalue weighted by Crippen LogP contribution is 2.36. The lowest BCUT2D eigenvalue weighted by molar-refractivity contribution is 0.0889. The Kier molecular flexibility index (Phi) is 9.84. The van der Waals surface area contributed by atoms with Crippen LogP contribution in [0.2, 0.25) is 0 Å². The summed E-state index contributed by atoms with van der Waals surface area (Å²) in [5, 5.41) is 10.2. The van der Waals surface area contributed by atoms with E-state index in [1.165, 1.54) is 19.6 Å². The normalized spacial score (nSPS) is 14.9. The molecule has 1 aliphatic rings. The average molecular weight is 374 g/mol. The Hall–Kier alpha value is -2.10. The fourth-order valence-electron chi connectivity index (χ4n) is 3.47. The molecule has 1 aromatic rings. The largest absolute Gasteiger partial charge is 0.504 e. The summed E-state index contributed by atoms with van der Waals surface area (Å²) in [6.45, 7) is 12.1. The second-order valence-electron chi connectivity index (χ2n) is 6.81. The van der Waals surface area contributed by atoms with Crippen LogP contribution >= 0.6 is 0 Å². The van der Waals surface area contributed by atoms with Crippen molar-refractivity contribution >= 4 is 17.2 Å². The maximum absolute atomic E-state index is 13.0. The molecule has 0 bridgehead atoms. The summed E-state index contributed by atoms with van der Waals surface area (Å²) in [7, 11) is 1.50. The standard InChI is InChI=1S/C21H29NO3.C2H6/c1-5-9-14(2)22-15(3)17-13-20(25-4)19(23)12-18(17)21(24)16-10-7-6-8-11-16;1-2/h12-13,16,23H,3,5-11H2,1-2,4H3;1-2H3. The molecule has 150 valence electrons. The molecule has 0 amide bonds. The van der Waals surface area contributed by atoms with Crippen molar-refractivity contribution in [2.75, 3.05) is 7.11 Å². The lowest BCUT2D eigenvalue weighted by Crippen LogP contribution is -2.19. The maximum Gasteiger partial charge on any atom is 0.166 e. The number of carbonyl (C=O) groups excluding carboxylic acids is 1. The number of nitrogens with zero attached hydrogens (tertiary/aromatic N) is 1. The van der Waals surface area contributed by atoms with Crippen molar-refractivity contribution in [2.24, 2.45) is 10.9 Å². The van der Waals surface area contributed by atoms with Gasteiger partial charge >= 0.3 is 0 Å². The highest BCUT2D eigenvalue weighted by Gasteiger charge is 2.26. The van der Waals surface area contributed by atoms with Gasteiger partial charge in [-0.05, 0) is 38.3 Å². The molecular weight excluding hydrogens is 338 g/mol. The highest BCUT2D eigenvalue weighted by molar-refractivity contribution is 6.03. The number of aromatic hydroxyl groups is 1. The van der Waals surface area contributed by atoms with E-state index in [2.05, 4.69) is 18.5 Å². The fraction of sp³-hybridized carbons (Fsp3) is 0.565. The summed E-state index contributed by atoms with van der Waals surface area (Å²) in [5.41, 5.74) is 2.68. The van der Waals surface area contributed by atoms with Gasteiger partial charge in [-0.15, -0.1) is 0 Å². The molecule has 2 rings (SSSR count). The van der Waals surface area contributed by atoms with Crippen LogP contribution in [0, 0.1) is 5.92 Å². The van der Waals surface area contributed by atoms with Gasteiger partial charge in [0, 0.05) is 22.8 Å². The number of methoxy groups -OCH3 is 1. The number of aliphatic imine (C=N–C) groups is 1. The first kappa shape index (κ1) is 22.9. The zero-order valence-corrected chi connectivity index (χ0v) is 17.6. The summed E-state index contributed by atoms with van der Waals surface area (Å²) in [4.78, 5) is 17.6. The molecule has 0 saturated heterocycles. The third-order valence-electron chi connectivity index (χ3n) is 4.81. The SMILES string of the molecule is C=C(N=C(C)CCC)c1cc(OC)c(O)cc1C(=O)C1CCCCC1.CC. The van der Waals surface area contributed by atoms with Crippen molar-refractivity contribution in [3.63, 3.8) is 0 Å². The van der Waals surface area contributed by atoms with Crippen molar-refractivity contribution in [2.45, 2.75) is 72.6 Å². The Morgan fingerprint density at radius 3 is 2.41 bits per heavy atom. The van der Waals surface area contributed by atoms with E-state index < -0.39 is 0 Å². The van der Waals surface area contributed by atoms with Gasteiger partial charge in [-0.25, -0.2) is 0 Å². The minimum absolute atomic E-state index is 0.0209. The van der Waals surface area contributed by atoms with E-state index in [9.17, 15) is 9.90 Å². The molecule has 1 aromatic carbocycles. The number of ether oxygens (including phenoxy) is 1. The number of carbonyl (C=O) groups is 1. The molecule has 0 spiro atoms. The Morgan fingerprint density at radius 1 is 1.22 bits per heavy atom. The summed E-state index contributed by atoms with van der Waals surface area (Å²) in [5.74, 6) is 0.415. The van der Waals surface area contributed by atoms with Crippen molar-refractivity contribution in [1.29, 1.82) is 0 Å². The van der Waals surface area contributed by atoms with Gasteiger partial charge in [0.05, 0.1) is 12.8 Å². The number of hydrogen-bond donors (Lipinski definition) is 1. The van der Waals surface area contributed by atoms with Crippen LogP contribution in [-0.2, 0) is 0 Å². The second-order valence-corrected chi connectivity index (χ2v) is 6.81. The lowest BCUT2D eigenvalue weighted by Gasteiger charge is -2.22. The number of ketones is 1. The number of benzene rings is 1. The molecule has 0 heterocycles. The number of hydrogen-bond acceptors (Lipinski definition) is 4. The zero-order chi connectivity index (χ0) is 20.4. The smallest absolute Gasteiger partial charge is 0.166 e. The number of Topliss-reactive ketones (excluding diaryl/α,β-unsaturated/α-hetero) is 1. The third kappa shape index (κ3) is 6.23. The molecule has 27 heavy (non-hydrogen) atoms. The van der Waals surface area contributed by atoms with Gasteiger partial charge in [0.25, 0.3) is 0 Å². The third-order valence-corrected chi connectivity index (χ3v) is 4.81. The Morgan fingerprint density at radius 2 is 1.85 bits per heavy atom. The zero-order valence-electron chi connectivity index (χ0n) is 17.6. The average Bonchev–Trinajstić information content (AvgIpc) is 2.69. The van der Waals surface area contributed by atoms with Gasteiger partial charge in [0.1, 0.15) is 0 Å². The Balaban J connectivity index is 0.00000176. The summed E-state index contributed by atoms with van der Waals surface area (Å²) >= 11 is 0. The topological polar surface area (TPSA) is 58.9 Å². The number of phenols is 1. The van der Waals surface area contributed by atoms with Crippen LogP contribution in [0.1, 0.15) is 88.6 Å². The van der Waals surface area contributed by atoms with Gasteiger partial charge in [-0.3, -0.25) is 9.79 Å². The van der Waals surface area contributed by atoms with E-state index >= 15 is 0 Å². The first-order chi connectivity index (χ1) is 13.0. The van der Waals surface area contributed by atoms with Gasteiger partial charge in [0.2, 0.25) is 0 Å². The van der Waals surface area contributed by atoms with Gasteiger partial charge in [0.15, 0.2) is 17.3 Å². The van der Waals surface area contributed by atoms with E-state index in [-0.39, 0.29) is 17.5 Å². The Labute approximate surface area is 164 Å². The van der Waals surface area contributed by atoms with E-state index in [1.807, 2.05) is 20.8 Å². The predicted molar refractivity (Wildman–Crippen MR) is 114 cm³/mol. The van der Waals surface area contributed by atoms with E-state index in [4.69, 9.17) is 4.74 Å². The van der Waals surface area contributed by atoms with Crippen LogP contribution in [0.5, 0.6) is 11.5 Å². The van der Waals surface area contributed by atoms with Crippen LogP contribution in [0.25, 0.3) is 5.70 Å². The van der Waals surface area contributed by atoms with Crippen molar-refractivity contribution in [3.05, 3.63) is 29.8 Å². The first-order valence-electron chi connectivity index (χ1n) is 10.2. The molecule has 0 aliphatic heterocycles. The van der Waals surface area contributed by atoms with Crippen molar-refractivity contribution in [3.8, 4) is 11.5 Å². The first-order valence-corrected chi connectivity index (χ1v) is 10.2. The number of phenolic OH excluding ortho intramolecular Hbond substituents is 1. The number of rotatable bonds is 7. The van der Waals surface area contributed by atoms with Gasteiger partial charge in [-0.1, -0.05) is 53.0 Å². The lowest BCUT2D eigenvalue weighted by atomic mass is 9.82. The molecule has 4 nitrogen and oxygen atoms in total. The molecular formula is C23H35NO3. The molecule has 1 N–H and O–H groups in total. The van der Waals surface area contributed by atoms with Crippen molar-refractivity contribution in [1.82, 2.24) is 0 Å². The predicted octanol–water partition coefficient (Wildman–Crippen LogP) is 6.42. The Bertz CT molecular complexity index is 670. The van der Waals surface area contributed by atoms with Crippen LogP contribution in [0.15, 0.2) is 23.7 Å². The summed E-state index contributed by atoms with van der Waals surface area (Å²) < 4.78 is 5.22. The summed E-state index contributed by atoms with van der Waals surface area (Å²) in [6.07, 6.45) is 7.09. The molecule has 0 atom stereocenters. The van der Waals surface area contributed by atoms with Crippen LogP contribution in [0.4, 0.5) is 0 Å². The molecule has 1 aliphatic carbocycles. The van der Waals surface area contributed by atoms with E-state index in [1.54, 1.807) is 6.07 Å². The van der Waals surface area contributed by atoms with Crippen LogP contribution < -0.4 is 4.74 Å². The van der Waals surface area contributed by atoms with Gasteiger partial charge < -0.3 is 9.84 Å².